The van der Waals surface area contributed by atoms with E-state index in [0.717, 1.165) is 4.64 Å². The minimum atomic E-state index is -1.21. The highest BCUT2D eigenvalue weighted by molar-refractivity contribution is 7.71. The summed E-state index contributed by atoms with van der Waals surface area (Å²) in [5.41, 5.74) is 0. The van der Waals surface area contributed by atoms with Crippen molar-refractivity contribution in [3.63, 3.8) is 0 Å². The van der Waals surface area contributed by atoms with Crippen LogP contribution in [0.3, 0.4) is 0 Å². The van der Waals surface area contributed by atoms with Crippen LogP contribution in [0, 0.1) is 4.64 Å². The molecule has 0 radical (unpaired) electrons. The topological polar surface area (TPSA) is 15.8 Å². The van der Waals surface area contributed by atoms with Gasteiger partial charge in [0.2, 0.25) is 0 Å². The molecular formula is C8H13NSSi. The molecule has 0 amide bonds. The maximum Gasteiger partial charge on any atom is 0.102 e. The van der Waals surface area contributed by atoms with Crippen LogP contribution in [-0.2, 0) is 0 Å². The van der Waals surface area contributed by atoms with Gasteiger partial charge in [0.15, 0.2) is 0 Å². The predicted molar refractivity (Wildman–Crippen MR) is 54.6 cm³/mol. The molecular weight excluding hydrogens is 170 g/mol. The second kappa shape index (κ2) is 2.91. The zero-order chi connectivity index (χ0) is 8.48. The molecule has 0 aliphatic rings. The standard InChI is InChI=1S/C8H13NSSi/c1-11(2,3)7-5-4-6-9-8(7)10/h4-6H,1-3H3,(H,9,10). The molecule has 1 aromatic heterocycles. The highest BCUT2D eigenvalue weighted by Crippen LogP contribution is 2.01. The van der Waals surface area contributed by atoms with E-state index in [1.807, 2.05) is 12.3 Å². The Bertz CT molecular complexity index is 297. The average Bonchev–Trinajstić information content (AvgIpc) is 1.86. The summed E-state index contributed by atoms with van der Waals surface area (Å²) in [6.45, 7) is 6.89. The van der Waals surface area contributed by atoms with Crippen LogP contribution in [0.1, 0.15) is 0 Å². The van der Waals surface area contributed by atoms with Crippen LogP contribution in [0.4, 0.5) is 0 Å². The number of aromatic nitrogens is 1. The summed E-state index contributed by atoms with van der Waals surface area (Å²) in [4.78, 5) is 3.06. The molecule has 1 heterocycles. The second-order valence-corrected chi connectivity index (χ2v) is 9.11. The van der Waals surface area contributed by atoms with Crippen molar-refractivity contribution in [2.24, 2.45) is 0 Å². The Hall–Kier alpha value is -0.413. The maximum atomic E-state index is 5.18. The fourth-order valence-corrected chi connectivity index (χ4v) is 3.42. The number of rotatable bonds is 1. The molecule has 1 nitrogen and oxygen atoms in total. The highest BCUT2D eigenvalue weighted by Gasteiger charge is 2.17. The summed E-state index contributed by atoms with van der Waals surface area (Å²) in [5.74, 6) is 0. The van der Waals surface area contributed by atoms with Gasteiger partial charge in [-0.05, 0) is 11.3 Å². The average molecular weight is 183 g/mol. The predicted octanol–water partition coefficient (Wildman–Crippen LogP) is 2.29. The Morgan fingerprint density at radius 1 is 1.36 bits per heavy atom. The lowest BCUT2D eigenvalue weighted by Crippen LogP contribution is -2.38. The molecule has 1 aromatic rings. The lowest BCUT2D eigenvalue weighted by molar-refractivity contribution is 1.31. The van der Waals surface area contributed by atoms with Crippen LogP contribution < -0.4 is 5.19 Å². The lowest BCUT2D eigenvalue weighted by Gasteiger charge is -2.15. The maximum absolute atomic E-state index is 5.18. The SMILES string of the molecule is C[Si](C)(C)c1ccc[nH]c1=S. The number of hydrogen-bond donors (Lipinski definition) is 1. The molecule has 0 fully saturated rings. The summed E-state index contributed by atoms with van der Waals surface area (Å²) in [5, 5.41) is 1.34. The van der Waals surface area contributed by atoms with Gasteiger partial charge in [-0.1, -0.05) is 37.9 Å². The van der Waals surface area contributed by atoms with E-state index in [4.69, 9.17) is 12.2 Å². The van der Waals surface area contributed by atoms with Crippen molar-refractivity contribution in [2.45, 2.75) is 19.6 Å². The van der Waals surface area contributed by atoms with Crippen molar-refractivity contribution >= 4 is 25.5 Å². The van der Waals surface area contributed by atoms with Gasteiger partial charge < -0.3 is 4.98 Å². The number of pyridine rings is 1. The molecule has 1 rings (SSSR count). The van der Waals surface area contributed by atoms with E-state index in [0.29, 0.717) is 0 Å². The Morgan fingerprint density at radius 3 is 2.36 bits per heavy atom. The van der Waals surface area contributed by atoms with Crippen LogP contribution in [0.2, 0.25) is 19.6 Å². The van der Waals surface area contributed by atoms with Crippen LogP contribution in [-0.4, -0.2) is 13.1 Å². The summed E-state index contributed by atoms with van der Waals surface area (Å²) < 4.78 is 0.909. The molecule has 0 spiro atoms. The molecule has 60 valence electrons. The van der Waals surface area contributed by atoms with Crippen molar-refractivity contribution in [3.8, 4) is 0 Å². The summed E-state index contributed by atoms with van der Waals surface area (Å²) in [7, 11) is -1.21. The van der Waals surface area contributed by atoms with Gasteiger partial charge in [0.25, 0.3) is 0 Å². The van der Waals surface area contributed by atoms with Crippen molar-refractivity contribution in [3.05, 3.63) is 23.0 Å². The molecule has 3 heteroatoms. The van der Waals surface area contributed by atoms with Gasteiger partial charge in [-0.3, -0.25) is 0 Å². The van der Waals surface area contributed by atoms with E-state index in [2.05, 4.69) is 30.7 Å². The Morgan fingerprint density at radius 2 is 2.00 bits per heavy atom. The summed E-state index contributed by atoms with van der Waals surface area (Å²) in [6, 6.07) is 4.15. The molecule has 1 N–H and O–H groups in total. The molecule has 0 saturated carbocycles. The second-order valence-electron chi connectivity index (χ2n) is 3.66. The van der Waals surface area contributed by atoms with Gasteiger partial charge in [0, 0.05) is 6.20 Å². The fraction of sp³-hybridized carbons (Fsp3) is 0.375. The number of H-pyrrole nitrogens is 1. The van der Waals surface area contributed by atoms with E-state index in [-0.39, 0.29) is 0 Å². The molecule has 11 heavy (non-hydrogen) atoms. The van der Waals surface area contributed by atoms with E-state index in [9.17, 15) is 0 Å². The van der Waals surface area contributed by atoms with Gasteiger partial charge >= 0.3 is 0 Å². The third kappa shape index (κ3) is 2.01. The Labute approximate surface area is 73.5 Å². The van der Waals surface area contributed by atoms with Crippen LogP contribution in [0.25, 0.3) is 0 Å². The minimum Gasteiger partial charge on any atom is -0.353 e. The van der Waals surface area contributed by atoms with E-state index < -0.39 is 8.07 Å². The van der Waals surface area contributed by atoms with Crippen LogP contribution >= 0.6 is 12.2 Å². The van der Waals surface area contributed by atoms with Crippen LogP contribution in [0.5, 0.6) is 0 Å². The van der Waals surface area contributed by atoms with Crippen LogP contribution in [0.15, 0.2) is 18.3 Å². The molecule has 0 atom stereocenters. The zero-order valence-corrected chi connectivity index (χ0v) is 8.96. The summed E-state index contributed by atoms with van der Waals surface area (Å²) >= 11 is 5.18. The van der Waals surface area contributed by atoms with E-state index >= 15 is 0 Å². The quantitative estimate of drug-likeness (QED) is 0.522. The monoisotopic (exact) mass is 183 g/mol. The normalized spacial score (nSPS) is 11.5. The Kier molecular flexibility index (Phi) is 2.30. The van der Waals surface area contributed by atoms with Gasteiger partial charge in [0.1, 0.15) is 4.64 Å². The third-order valence-corrected chi connectivity index (χ3v) is 4.18. The molecule has 0 aliphatic heterocycles. The van der Waals surface area contributed by atoms with Crippen molar-refractivity contribution in [1.82, 2.24) is 4.98 Å². The van der Waals surface area contributed by atoms with Gasteiger partial charge in [-0.15, -0.1) is 0 Å². The lowest BCUT2D eigenvalue weighted by atomic mass is 10.5. The summed E-state index contributed by atoms with van der Waals surface area (Å²) in [6.07, 6.45) is 1.88. The van der Waals surface area contributed by atoms with Crippen molar-refractivity contribution in [2.75, 3.05) is 0 Å². The first-order valence-corrected chi connectivity index (χ1v) is 7.61. The smallest absolute Gasteiger partial charge is 0.102 e. The first-order valence-electron chi connectivity index (χ1n) is 3.70. The molecule has 0 aliphatic carbocycles. The largest absolute Gasteiger partial charge is 0.353 e. The van der Waals surface area contributed by atoms with Crippen molar-refractivity contribution in [1.29, 1.82) is 0 Å². The molecule has 0 unspecified atom stereocenters. The first-order chi connectivity index (χ1) is 5.02. The van der Waals surface area contributed by atoms with Gasteiger partial charge in [-0.25, -0.2) is 0 Å². The number of aromatic amines is 1. The third-order valence-electron chi connectivity index (χ3n) is 1.63. The van der Waals surface area contributed by atoms with Gasteiger partial charge in [-0.2, -0.15) is 0 Å². The molecule has 0 aromatic carbocycles. The molecule has 0 saturated heterocycles. The highest BCUT2D eigenvalue weighted by atomic mass is 32.1. The van der Waals surface area contributed by atoms with Gasteiger partial charge in [0.05, 0.1) is 8.07 Å². The fourth-order valence-electron chi connectivity index (χ4n) is 1.01. The van der Waals surface area contributed by atoms with Crippen molar-refractivity contribution < 1.29 is 0 Å². The molecule has 0 bridgehead atoms. The van der Waals surface area contributed by atoms with E-state index in [1.165, 1.54) is 5.19 Å². The van der Waals surface area contributed by atoms with E-state index in [1.54, 1.807) is 0 Å². The first kappa shape index (κ1) is 8.68. The minimum absolute atomic E-state index is 0.909. The Balaban J connectivity index is 3.26. The number of hydrogen-bond acceptors (Lipinski definition) is 1. The zero-order valence-electron chi connectivity index (χ0n) is 7.14. The number of nitrogens with one attached hydrogen (secondary N) is 1.